The molecule has 0 aliphatic carbocycles. The van der Waals surface area contributed by atoms with Crippen molar-refractivity contribution in [2.24, 2.45) is 4.99 Å². The van der Waals surface area contributed by atoms with Crippen LogP contribution in [0.1, 0.15) is 56.3 Å². The third kappa shape index (κ3) is 6.07. The van der Waals surface area contributed by atoms with Gasteiger partial charge in [0.05, 0.1) is 40.0 Å². The van der Waals surface area contributed by atoms with Crippen molar-refractivity contribution < 1.29 is 23.8 Å². The Hall–Kier alpha value is -3.50. The van der Waals surface area contributed by atoms with Crippen LogP contribution in [0.15, 0.2) is 68.0 Å². The Kier molecular flexibility index (Phi) is 8.87. The predicted octanol–water partition coefficient (Wildman–Crippen LogP) is 4.24. The third-order valence-corrected chi connectivity index (χ3v) is 7.87. The van der Waals surface area contributed by atoms with Gasteiger partial charge in [-0.15, -0.1) is 0 Å². The quantitative estimate of drug-likeness (QED) is 0.353. The number of halogens is 1. The molecule has 2 aromatic carbocycles. The Balaban J connectivity index is 1.80. The van der Waals surface area contributed by atoms with E-state index in [1.165, 1.54) is 18.4 Å². The lowest BCUT2D eigenvalue weighted by Gasteiger charge is -2.25. The van der Waals surface area contributed by atoms with Gasteiger partial charge in [-0.2, -0.15) is 0 Å². The van der Waals surface area contributed by atoms with E-state index in [2.05, 4.69) is 39.5 Å². The van der Waals surface area contributed by atoms with Gasteiger partial charge in [0, 0.05) is 0 Å². The molecule has 204 valence electrons. The number of thiazole rings is 1. The monoisotopic (exact) mass is 612 g/mol. The van der Waals surface area contributed by atoms with Gasteiger partial charge in [-0.05, 0) is 70.6 Å². The zero-order chi connectivity index (χ0) is 28.3. The van der Waals surface area contributed by atoms with Crippen LogP contribution in [0.2, 0.25) is 0 Å². The van der Waals surface area contributed by atoms with Crippen molar-refractivity contribution >= 4 is 45.3 Å². The van der Waals surface area contributed by atoms with Gasteiger partial charge in [0.25, 0.3) is 5.56 Å². The molecule has 0 fully saturated rings. The number of esters is 2. The summed E-state index contributed by atoms with van der Waals surface area (Å²) in [5.41, 5.74) is 3.33. The van der Waals surface area contributed by atoms with E-state index in [-0.39, 0.29) is 18.8 Å². The average molecular weight is 614 g/mol. The van der Waals surface area contributed by atoms with Crippen LogP contribution < -0.4 is 19.6 Å². The summed E-state index contributed by atoms with van der Waals surface area (Å²) < 4.78 is 18.1. The minimum Gasteiger partial charge on any atom is -0.481 e. The maximum Gasteiger partial charge on any atom is 0.343 e. The molecule has 0 bridgehead atoms. The van der Waals surface area contributed by atoms with Crippen molar-refractivity contribution in [3.05, 3.63) is 94.6 Å². The Labute approximate surface area is 238 Å². The topological polar surface area (TPSA) is 96.2 Å². The van der Waals surface area contributed by atoms with Gasteiger partial charge in [-0.1, -0.05) is 55.5 Å². The lowest BCUT2D eigenvalue weighted by molar-refractivity contribution is -0.143. The first-order chi connectivity index (χ1) is 18.6. The van der Waals surface area contributed by atoms with Crippen molar-refractivity contribution in [1.29, 1.82) is 0 Å². The van der Waals surface area contributed by atoms with Gasteiger partial charge < -0.3 is 14.2 Å². The molecule has 0 saturated carbocycles. The van der Waals surface area contributed by atoms with E-state index in [1.807, 2.05) is 24.3 Å². The molecule has 0 spiro atoms. The lowest BCUT2D eigenvalue weighted by Crippen LogP contribution is -2.39. The number of rotatable bonds is 8. The van der Waals surface area contributed by atoms with Crippen LogP contribution in [0.25, 0.3) is 6.08 Å². The molecule has 0 saturated heterocycles. The maximum absolute atomic E-state index is 13.8. The highest BCUT2D eigenvalue weighted by atomic mass is 79.9. The van der Waals surface area contributed by atoms with E-state index in [0.717, 1.165) is 16.7 Å². The summed E-state index contributed by atoms with van der Waals surface area (Å²) in [4.78, 5) is 43.4. The number of fused-ring (bicyclic) bond motifs is 1. The van der Waals surface area contributed by atoms with Gasteiger partial charge in [-0.25, -0.2) is 14.6 Å². The SMILES string of the molecule is CCOC(=O)C1=C(C)N=c2s/c(=C\c3ccc(OCC(=O)OC)c(Br)c3)c(=O)n2[C@H]1c1ccc(C(C)C)cc1. The fraction of sp³-hybridized carbons (Fsp3) is 0.310. The minimum atomic E-state index is -0.663. The van der Waals surface area contributed by atoms with E-state index < -0.39 is 18.0 Å². The van der Waals surface area contributed by atoms with Gasteiger partial charge in [-0.3, -0.25) is 9.36 Å². The summed E-state index contributed by atoms with van der Waals surface area (Å²) in [6.45, 7) is 7.74. The molecule has 4 rings (SSSR count). The molecular formula is C29H29BrN2O6S. The third-order valence-electron chi connectivity index (χ3n) is 6.26. The Morgan fingerprint density at radius 2 is 1.90 bits per heavy atom. The van der Waals surface area contributed by atoms with Gasteiger partial charge in [0.2, 0.25) is 0 Å². The van der Waals surface area contributed by atoms with Crippen LogP contribution in [0.3, 0.4) is 0 Å². The van der Waals surface area contributed by atoms with E-state index in [4.69, 9.17) is 9.47 Å². The van der Waals surface area contributed by atoms with Crippen LogP contribution in [0.4, 0.5) is 0 Å². The van der Waals surface area contributed by atoms with E-state index >= 15 is 0 Å². The molecule has 39 heavy (non-hydrogen) atoms. The standard InChI is InChI=1S/C29H29BrN2O6S/c1-6-37-28(35)25-17(4)31-29-32(26(25)20-10-8-19(9-11-20)16(2)3)27(34)23(39-29)14-18-7-12-22(21(30)13-18)38-15-24(33)36-5/h7-14,16,26H,6,15H2,1-5H3/b23-14-/t26-/m0/s1. The first kappa shape index (κ1) is 28.5. The number of benzene rings is 2. The highest BCUT2D eigenvalue weighted by molar-refractivity contribution is 9.10. The molecule has 1 atom stereocenters. The van der Waals surface area contributed by atoms with Crippen LogP contribution in [-0.2, 0) is 19.1 Å². The average Bonchev–Trinajstić information content (AvgIpc) is 3.21. The predicted molar refractivity (Wildman–Crippen MR) is 153 cm³/mol. The fourth-order valence-corrected chi connectivity index (χ4v) is 5.80. The molecule has 1 aliphatic rings. The summed E-state index contributed by atoms with van der Waals surface area (Å²) in [5.74, 6) is -0.159. The summed E-state index contributed by atoms with van der Waals surface area (Å²) in [6.07, 6.45) is 1.76. The number of nitrogens with zero attached hydrogens (tertiary/aromatic N) is 2. The fourth-order valence-electron chi connectivity index (χ4n) is 4.24. The van der Waals surface area contributed by atoms with Crippen LogP contribution in [0, 0.1) is 0 Å². The number of carbonyl (C=O) groups is 2. The highest BCUT2D eigenvalue weighted by Crippen LogP contribution is 2.32. The van der Waals surface area contributed by atoms with Crippen LogP contribution in [0.5, 0.6) is 5.75 Å². The first-order valence-electron chi connectivity index (χ1n) is 12.4. The number of hydrogen-bond acceptors (Lipinski definition) is 8. The molecule has 0 unspecified atom stereocenters. The molecule has 0 amide bonds. The second kappa shape index (κ2) is 12.1. The minimum absolute atomic E-state index is 0.215. The largest absolute Gasteiger partial charge is 0.481 e. The van der Waals surface area contributed by atoms with Crippen molar-refractivity contribution in [2.75, 3.05) is 20.3 Å². The van der Waals surface area contributed by atoms with Gasteiger partial charge in [0.1, 0.15) is 5.75 Å². The van der Waals surface area contributed by atoms with Gasteiger partial charge >= 0.3 is 11.9 Å². The summed E-state index contributed by atoms with van der Waals surface area (Å²) in [6, 6.07) is 12.6. The Morgan fingerprint density at radius 1 is 1.18 bits per heavy atom. The summed E-state index contributed by atoms with van der Waals surface area (Å²) in [7, 11) is 1.29. The van der Waals surface area contributed by atoms with E-state index in [0.29, 0.717) is 36.7 Å². The summed E-state index contributed by atoms with van der Waals surface area (Å²) in [5, 5.41) is 0. The molecule has 10 heteroatoms. The zero-order valence-electron chi connectivity index (χ0n) is 22.3. The van der Waals surface area contributed by atoms with Crippen molar-refractivity contribution in [3.63, 3.8) is 0 Å². The highest BCUT2D eigenvalue weighted by Gasteiger charge is 2.33. The first-order valence-corrected chi connectivity index (χ1v) is 14.0. The zero-order valence-corrected chi connectivity index (χ0v) is 24.7. The Morgan fingerprint density at radius 3 is 2.51 bits per heavy atom. The smallest absolute Gasteiger partial charge is 0.343 e. The van der Waals surface area contributed by atoms with E-state index in [9.17, 15) is 14.4 Å². The number of allylic oxidation sites excluding steroid dienone is 1. The molecule has 0 radical (unpaired) electrons. The second-order valence-corrected chi connectivity index (χ2v) is 11.0. The molecule has 3 aromatic rings. The molecule has 1 aliphatic heterocycles. The number of aromatic nitrogens is 1. The summed E-state index contributed by atoms with van der Waals surface area (Å²) >= 11 is 4.71. The Bertz CT molecular complexity index is 1620. The van der Waals surface area contributed by atoms with Crippen LogP contribution >= 0.6 is 27.3 Å². The van der Waals surface area contributed by atoms with Crippen molar-refractivity contribution in [3.8, 4) is 5.75 Å². The maximum atomic E-state index is 13.8. The van der Waals surface area contributed by atoms with E-state index in [1.54, 1.807) is 42.7 Å². The van der Waals surface area contributed by atoms with Crippen molar-refractivity contribution in [2.45, 2.75) is 39.7 Å². The van der Waals surface area contributed by atoms with Gasteiger partial charge in [0.15, 0.2) is 11.4 Å². The molecule has 0 N–H and O–H groups in total. The number of methoxy groups -OCH3 is 1. The van der Waals surface area contributed by atoms with Crippen molar-refractivity contribution in [1.82, 2.24) is 4.57 Å². The molecule has 8 nitrogen and oxygen atoms in total. The molecule has 1 aromatic heterocycles. The lowest BCUT2D eigenvalue weighted by atomic mass is 9.93. The number of hydrogen-bond donors (Lipinski definition) is 0. The van der Waals surface area contributed by atoms with Crippen LogP contribution in [-0.4, -0.2) is 36.8 Å². The number of ether oxygens (including phenoxy) is 3. The number of carbonyl (C=O) groups excluding carboxylic acids is 2. The molecule has 2 heterocycles. The normalized spacial score (nSPS) is 15.2. The second-order valence-electron chi connectivity index (χ2n) is 9.18. The molecular weight excluding hydrogens is 584 g/mol.